The second-order valence-electron chi connectivity index (χ2n) is 7.80. The summed E-state index contributed by atoms with van der Waals surface area (Å²) in [6, 6.07) is 15.3. The highest BCUT2D eigenvalue weighted by Crippen LogP contribution is 2.28. The molecule has 3 aromatic rings. The van der Waals surface area contributed by atoms with E-state index in [1.807, 2.05) is 32.0 Å². The van der Waals surface area contributed by atoms with Crippen molar-refractivity contribution < 1.29 is 33.0 Å². The summed E-state index contributed by atoms with van der Waals surface area (Å²) < 4.78 is 28.9. The normalized spacial score (nSPS) is 10.3. The van der Waals surface area contributed by atoms with Crippen LogP contribution in [0.15, 0.2) is 60.7 Å². The first kappa shape index (κ1) is 26.2. The lowest BCUT2D eigenvalue weighted by Gasteiger charge is -2.14. The second-order valence-corrected chi connectivity index (χ2v) is 7.80. The molecule has 0 aliphatic carbocycles. The summed E-state index contributed by atoms with van der Waals surface area (Å²) in [5.74, 6) is -1.61. The number of para-hydroxylation sites is 1. The van der Waals surface area contributed by atoms with Gasteiger partial charge in [0, 0.05) is 11.4 Å². The molecular formula is C27H27FN2O6. The zero-order chi connectivity index (χ0) is 26.1. The van der Waals surface area contributed by atoms with E-state index in [0.29, 0.717) is 11.4 Å². The predicted octanol–water partition coefficient (Wildman–Crippen LogP) is 4.52. The number of amides is 2. The number of hydrogen-bond acceptors (Lipinski definition) is 6. The number of aryl methyl sites for hydroxylation is 2. The minimum Gasteiger partial charge on any atom is -0.493 e. The van der Waals surface area contributed by atoms with Crippen LogP contribution in [0.25, 0.3) is 0 Å². The van der Waals surface area contributed by atoms with Gasteiger partial charge in [-0.1, -0.05) is 25.1 Å². The average Bonchev–Trinajstić information content (AvgIpc) is 2.88. The van der Waals surface area contributed by atoms with Crippen LogP contribution in [-0.4, -0.2) is 38.1 Å². The third-order valence-corrected chi connectivity index (χ3v) is 5.22. The van der Waals surface area contributed by atoms with Gasteiger partial charge in [0.1, 0.15) is 5.82 Å². The Morgan fingerprint density at radius 1 is 0.889 bits per heavy atom. The number of anilines is 2. The third-order valence-electron chi connectivity index (χ3n) is 5.22. The SMILES string of the molecule is CCc1cccc(C)c1NC(=O)COC(=O)c1ccc(OCC(=O)Nc2ccc(F)cc2)c(OC)c1. The van der Waals surface area contributed by atoms with Gasteiger partial charge in [-0.25, -0.2) is 9.18 Å². The molecular weight excluding hydrogens is 467 g/mol. The number of halogens is 1. The number of rotatable bonds is 10. The van der Waals surface area contributed by atoms with Gasteiger partial charge in [0.15, 0.2) is 24.7 Å². The van der Waals surface area contributed by atoms with Gasteiger partial charge in [0.05, 0.1) is 12.7 Å². The van der Waals surface area contributed by atoms with Crippen LogP contribution in [0, 0.1) is 12.7 Å². The van der Waals surface area contributed by atoms with Gasteiger partial charge < -0.3 is 24.8 Å². The summed E-state index contributed by atoms with van der Waals surface area (Å²) in [7, 11) is 1.39. The molecule has 2 N–H and O–H groups in total. The minimum absolute atomic E-state index is 0.146. The lowest BCUT2D eigenvalue weighted by Crippen LogP contribution is -2.22. The fourth-order valence-electron chi connectivity index (χ4n) is 3.38. The van der Waals surface area contributed by atoms with Crippen molar-refractivity contribution in [3.05, 3.63) is 83.2 Å². The highest BCUT2D eigenvalue weighted by molar-refractivity contribution is 5.96. The Kier molecular flexibility index (Phi) is 8.99. The van der Waals surface area contributed by atoms with Crippen molar-refractivity contribution >= 4 is 29.2 Å². The third kappa shape index (κ3) is 7.05. The first-order chi connectivity index (χ1) is 17.3. The lowest BCUT2D eigenvalue weighted by atomic mass is 10.1. The largest absolute Gasteiger partial charge is 0.493 e. The summed E-state index contributed by atoms with van der Waals surface area (Å²) in [4.78, 5) is 36.9. The Labute approximate surface area is 208 Å². The van der Waals surface area contributed by atoms with Gasteiger partial charge in [0.25, 0.3) is 11.8 Å². The van der Waals surface area contributed by atoms with Crippen molar-refractivity contribution in [1.82, 2.24) is 0 Å². The predicted molar refractivity (Wildman–Crippen MR) is 133 cm³/mol. The van der Waals surface area contributed by atoms with Crippen LogP contribution >= 0.6 is 0 Å². The first-order valence-corrected chi connectivity index (χ1v) is 11.2. The monoisotopic (exact) mass is 494 g/mol. The van der Waals surface area contributed by atoms with E-state index in [1.54, 1.807) is 0 Å². The number of carbonyl (C=O) groups excluding carboxylic acids is 3. The molecule has 9 heteroatoms. The van der Waals surface area contributed by atoms with Crippen molar-refractivity contribution in [3.63, 3.8) is 0 Å². The molecule has 3 rings (SSSR count). The van der Waals surface area contributed by atoms with Crippen LogP contribution in [0.5, 0.6) is 11.5 Å². The van der Waals surface area contributed by atoms with E-state index in [0.717, 1.165) is 17.5 Å². The van der Waals surface area contributed by atoms with Crippen molar-refractivity contribution in [2.45, 2.75) is 20.3 Å². The van der Waals surface area contributed by atoms with Gasteiger partial charge in [-0.3, -0.25) is 9.59 Å². The molecule has 188 valence electrons. The standard InChI is InChI=1S/C27H27FN2O6/c1-4-18-7-5-6-17(2)26(18)30-25(32)16-36-27(33)19-8-13-22(23(14-19)34-3)35-15-24(31)29-21-11-9-20(28)10-12-21/h5-14H,4,15-16H2,1-3H3,(H,29,31)(H,30,32). The van der Waals surface area contributed by atoms with Crippen molar-refractivity contribution in [2.75, 3.05) is 31.0 Å². The molecule has 0 fully saturated rings. The lowest BCUT2D eigenvalue weighted by molar-refractivity contribution is -0.119. The zero-order valence-corrected chi connectivity index (χ0v) is 20.2. The Morgan fingerprint density at radius 2 is 1.61 bits per heavy atom. The van der Waals surface area contributed by atoms with E-state index in [9.17, 15) is 18.8 Å². The van der Waals surface area contributed by atoms with Crippen LogP contribution < -0.4 is 20.1 Å². The molecule has 0 saturated heterocycles. The van der Waals surface area contributed by atoms with E-state index in [2.05, 4.69) is 10.6 Å². The van der Waals surface area contributed by atoms with Crippen LogP contribution in [0.4, 0.5) is 15.8 Å². The first-order valence-electron chi connectivity index (χ1n) is 11.2. The Morgan fingerprint density at radius 3 is 2.31 bits per heavy atom. The number of esters is 1. The Balaban J connectivity index is 1.55. The number of hydrogen-bond donors (Lipinski definition) is 2. The van der Waals surface area contributed by atoms with Crippen molar-refractivity contribution in [1.29, 1.82) is 0 Å². The zero-order valence-electron chi connectivity index (χ0n) is 20.2. The maximum atomic E-state index is 13.0. The second kappa shape index (κ2) is 12.3. The molecule has 0 bridgehead atoms. The van der Waals surface area contributed by atoms with E-state index >= 15 is 0 Å². The molecule has 0 atom stereocenters. The molecule has 0 saturated carbocycles. The van der Waals surface area contributed by atoms with Gasteiger partial charge in [-0.05, 0) is 66.9 Å². The van der Waals surface area contributed by atoms with Gasteiger partial charge in [-0.2, -0.15) is 0 Å². The molecule has 0 aliphatic heterocycles. The van der Waals surface area contributed by atoms with Crippen molar-refractivity contribution in [3.8, 4) is 11.5 Å². The van der Waals surface area contributed by atoms with E-state index in [1.165, 1.54) is 49.6 Å². The molecule has 36 heavy (non-hydrogen) atoms. The van der Waals surface area contributed by atoms with E-state index in [4.69, 9.17) is 14.2 Å². The quantitative estimate of drug-likeness (QED) is 0.402. The van der Waals surface area contributed by atoms with Crippen LogP contribution in [0.3, 0.4) is 0 Å². The van der Waals surface area contributed by atoms with Gasteiger partial charge in [0.2, 0.25) is 0 Å². The van der Waals surface area contributed by atoms with Gasteiger partial charge >= 0.3 is 5.97 Å². The summed E-state index contributed by atoms with van der Waals surface area (Å²) in [6.07, 6.45) is 0.749. The molecule has 0 spiro atoms. The maximum Gasteiger partial charge on any atom is 0.338 e. The molecule has 3 aromatic carbocycles. The summed E-state index contributed by atoms with van der Waals surface area (Å²) >= 11 is 0. The maximum absolute atomic E-state index is 13.0. The fourth-order valence-corrected chi connectivity index (χ4v) is 3.38. The number of nitrogens with one attached hydrogen (secondary N) is 2. The molecule has 0 unspecified atom stereocenters. The molecule has 0 heterocycles. The number of benzene rings is 3. The summed E-state index contributed by atoms with van der Waals surface area (Å²) in [6.45, 7) is 3.09. The summed E-state index contributed by atoms with van der Waals surface area (Å²) in [5, 5.41) is 5.38. The number of ether oxygens (including phenoxy) is 3. The van der Waals surface area contributed by atoms with Crippen LogP contribution in [-0.2, 0) is 20.7 Å². The molecule has 0 aromatic heterocycles. The van der Waals surface area contributed by atoms with Gasteiger partial charge in [-0.15, -0.1) is 0 Å². The van der Waals surface area contributed by atoms with Crippen LogP contribution in [0.1, 0.15) is 28.4 Å². The molecule has 2 amide bonds. The fraction of sp³-hybridized carbons (Fsp3) is 0.222. The molecule has 0 aliphatic rings. The van der Waals surface area contributed by atoms with E-state index in [-0.39, 0.29) is 23.7 Å². The summed E-state index contributed by atoms with van der Waals surface area (Å²) in [5.41, 5.74) is 3.19. The van der Waals surface area contributed by atoms with Crippen molar-refractivity contribution in [2.24, 2.45) is 0 Å². The van der Waals surface area contributed by atoms with E-state index < -0.39 is 30.2 Å². The Hall–Kier alpha value is -4.40. The topological polar surface area (TPSA) is 103 Å². The number of carbonyl (C=O) groups is 3. The molecule has 8 nitrogen and oxygen atoms in total. The highest BCUT2D eigenvalue weighted by atomic mass is 19.1. The molecule has 0 radical (unpaired) electrons. The minimum atomic E-state index is -0.718. The smallest absolute Gasteiger partial charge is 0.338 e. The average molecular weight is 495 g/mol. The van der Waals surface area contributed by atoms with Crippen LogP contribution in [0.2, 0.25) is 0 Å². The highest BCUT2D eigenvalue weighted by Gasteiger charge is 2.16. The number of methoxy groups -OCH3 is 1. The Bertz CT molecular complexity index is 1240.